The fourth-order valence-electron chi connectivity index (χ4n) is 11.2. The van der Waals surface area contributed by atoms with E-state index in [1.165, 1.54) is 0 Å². The van der Waals surface area contributed by atoms with Crippen molar-refractivity contribution in [1.82, 2.24) is 15.5 Å². The molecule has 2 aliphatic carbocycles. The van der Waals surface area contributed by atoms with Gasteiger partial charge in [0.05, 0.1) is 18.2 Å². The molecule has 5 heterocycles. The molecule has 2 fully saturated rings. The van der Waals surface area contributed by atoms with Gasteiger partial charge in [-0.2, -0.15) is 0 Å². The molecule has 330 valence electrons. The highest BCUT2D eigenvalue weighted by molar-refractivity contribution is 8.76. The molecule has 1 spiro atoms. The SMILES string of the molecule is C/C=C(\C)C(=O)O[C@]1(C)CC=C2CSSC[C@@H]3[C@H](CNC)CN3C(=O)CC3=C(C=C(N)NC3)[C@H]2[C@]12Cc1cc3cc(C4([C@H](CO)CCCO)CCCCC4)c(=O)oc3cc1O2. The number of aliphatic hydroxyl groups excluding tert-OH is 2. The molecule has 4 aliphatic heterocycles. The molecule has 2 aromatic rings. The highest BCUT2D eigenvalue weighted by Gasteiger charge is 2.64. The van der Waals surface area contributed by atoms with E-state index in [0.29, 0.717) is 78.7 Å². The third-order valence-corrected chi connectivity index (χ3v) is 17.2. The number of hydrogen-bond donors (Lipinski definition) is 5. The molecule has 6 atom stereocenters. The fourth-order valence-corrected chi connectivity index (χ4v) is 13.8. The molecule has 6 aliphatic rings. The number of hydrogen-bond acceptors (Lipinski definition) is 13. The molecule has 61 heavy (non-hydrogen) atoms. The number of amides is 1. The minimum absolute atomic E-state index is 0.0225. The summed E-state index contributed by atoms with van der Waals surface area (Å²) in [6, 6.07) is 5.99. The van der Waals surface area contributed by atoms with Gasteiger partial charge in [-0.1, -0.05) is 58.6 Å². The average Bonchev–Trinajstić information content (AvgIpc) is 3.62. The van der Waals surface area contributed by atoms with Crippen LogP contribution in [0.4, 0.5) is 0 Å². The molecule has 1 aromatic heterocycles. The summed E-state index contributed by atoms with van der Waals surface area (Å²) in [6.07, 6.45) is 12.5. The summed E-state index contributed by atoms with van der Waals surface area (Å²) in [6.45, 7) is 7.45. The number of nitrogens with one attached hydrogen (secondary N) is 2. The Morgan fingerprint density at radius 3 is 2.72 bits per heavy atom. The number of nitrogens with zero attached hydrogens (tertiary/aromatic N) is 1. The second-order valence-electron chi connectivity index (χ2n) is 18.3. The molecule has 0 radical (unpaired) electrons. The van der Waals surface area contributed by atoms with E-state index in [-0.39, 0.29) is 37.5 Å². The summed E-state index contributed by atoms with van der Waals surface area (Å²) in [5, 5.41) is 27.8. The maximum Gasteiger partial charge on any atom is 0.340 e. The number of carbonyl (C=O) groups is 2. The van der Waals surface area contributed by atoms with Crippen molar-refractivity contribution < 1.29 is 33.7 Å². The van der Waals surface area contributed by atoms with Crippen molar-refractivity contribution in [2.75, 3.05) is 51.4 Å². The molecule has 12 nitrogen and oxygen atoms in total. The Balaban J connectivity index is 1.27. The number of dihydropyridines is 1. The molecular formula is C47H62N4O8S2. The second kappa shape index (κ2) is 17.8. The number of benzene rings is 1. The third kappa shape index (κ3) is 7.87. The number of fused-ring (bicyclic) bond motifs is 6. The summed E-state index contributed by atoms with van der Waals surface area (Å²) in [4.78, 5) is 44.3. The lowest BCUT2D eigenvalue weighted by molar-refractivity contribution is -0.186. The van der Waals surface area contributed by atoms with Gasteiger partial charge in [-0.3, -0.25) is 4.79 Å². The molecule has 1 amide bonds. The van der Waals surface area contributed by atoms with Gasteiger partial charge in [-0.15, -0.1) is 0 Å². The first kappa shape index (κ1) is 43.9. The Hall–Kier alpha value is -3.69. The van der Waals surface area contributed by atoms with Crippen molar-refractivity contribution in [3.8, 4) is 5.75 Å². The van der Waals surface area contributed by atoms with Gasteiger partial charge in [0.1, 0.15) is 11.3 Å². The van der Waals surface area contributed by atoms with Gasteiger partial charge < -0.3 is 45.4 Å². The Bertz CT molecular complexity index is 2230. The monoisotopic (exact) mass is 874 g/mol. The van der Waals surface area contributed by atoms with E-state index in [9.17, 15) is 24.6 Å². The van der Waals surface area contributed by atoms with Crippen molar-refractivity contribution in [3.63, 3.8) is 0 Å². The number of allylic oxidation sites excluding steroid dienone is 2. The normalized spacial score (nSPS) is 29.3. The summed E-state index contributed by atoms with van der Waals surface area (Å²) in [5.74, 6) is 1.97. The Morgan fingerprint density at radius 2 is 1.98 bits per heavy atom. The first-order valence-electron chi connectivity index (χ1n) is 22.1. The van der Waals surface area contributed by atoms with Crippen LogP contribution in [-0.2, 0) is 26.2 Å². The minimum Gasteiger partial charge on any atom is -0.481 e. The van der Waals surface area contributed by atoms with E-state index in [1.54, 1.807) is 34.6 Å². The quantitative estimate of drug-likeness (QED) is 0.0638. The van der Waals surface area contributed by atoms with Crippen LogP contribution in [0.5, 0.6) is 5.75 Å². The first-order valence-corrected chi connectivity index (χ1v) is 24.6. The van der Waals surface area contributed by atoms with Gasteiger partial charge in [0.15, 0.2) is 11.2 Å². The van der Waals surface area contributed by atoms with Gasteiger partial charge in [0, 0.05) is 97.2 Å². The molecule has 1 aromatic carbocycles. The van der Waals surface area contributed by atoms with Gasteiger partial charge in [0.2, 0.25) is 5.91 Å². The van der Waals surface area contributed by atoms with Crippen LogP contribution >= 0.6 is 21.6 Å². The molecular weight excluding hydrogens is 813 g/mol. The smallest absolute Gasteiger partial charge is 0.340 e. The molecule has 1 saturated heterocycles. The number of carbonyl (C=O) groups excluding carboxylic acids is 2. The largest absolute Gasteiger partial charge is 0.481 e. The second-order valence-corrected chi connectivity index (χ2v) is 20.8. The highest BCUT2D eigenvalue weighted by atomic mass is 33.1. The van der Waals surface area contributed by atoms with E-state index in [2.05, 4.69) is 22.8 Å². The predicted molar refractivity (Wildman–Crippen MR) is 241 cm³/mol. The van der Waals surface area contributed by atoms with Crippen molar-refractivity contribution >= 4 is 44.4 Å². The summed E-state index contributed by atoms with van der Waals surface area (Å²) >= 11 is 0. The summed E-state index contributed by atoms with van der Waals surface area (Å²) in [5.41, 5.74) is 8.59. The van der Waals surface area contributed by atoms with E-state index < -0.39 is 34.1 Å². The van der Waals surface area contributed by atoms with Gasteiger partial charge in [0.25, 0.3) is 0 Å². The Kier molecular flexibility index (Phi) is 12.8. The maximum atomic E-state index is 14.2. The lowest BCUT2D eigenvalue weighted by atomic mass is 9.61. The Morgan fingerprint density at radius 1 is 1.18 bits per heavy atom. The third-order valence-electron chi connectivity index (χ3n) is 14.8. The molecule has 0 unspecified atom stereocenters. The summed E-state index contributed by atoms with van der Waals surface area (Å²) in [7, 11) is 5.53. The fraction of sp³-hybridized carbons (Fsp3) is 0.596. The maximum absolute atomic E-state index is 14.2. The van der Waals surface area contributed by atoms with E-state index in [1.807, 2.05) is 44.0 Å². The predicted octanol–water partition coefficient (Wildman–Crippen LogP) is 5.80. The van der Waals surface area contributed by atoms with E-state index in [4.69, 9.17) is 19.6 Å². The first-order chi connectivity index (χ1) is 29.4. The zero-order valence-corrected chi connectivity index (χ0v) is 37.6. The van der Waals surface area contributed by atoms with Crippen molar-refractivity contribution in [2.45, 2.75) is 108 Å². The standard InChI is InChI=1S/C47H62N4O8S2/c1-5-28(2)43(55)59-45(3)14-11-29-26-60-61-27-37-33(22-49-4)24-51(37)41(54)18-32-23-50-40(48)19-35(32)42(29)47(45)21-31-16-30-17-36(44(56)57-38(30)20-39(31)58-47)46(12-7-6-8-13-46)34(25-53)10-9-15-52/h5,11,16-17,19-20,33-34,37,42,49-50,52-53H,6-10,12-15,18,21-27,48H2,1-4H3/b28-5+/t33-,34+,37-,42+,45-,47-/m1/s1. The van der Waals surface area contributed by atoms with Crippen molar-refractivity contribution in [3.05, 3.63) is 86.1 Å². The lowest BCUT2D eigenvalue weighted by Gasteiger charge is -2.53. The van der Waals surface area contributed by atoms with E-state index >= 15 is 0 Å². The van der Waals surface area contributed by atoms with Crippen LogP contribution in [0.2, 0.25) is 0 Å². The van der Waals surface area contributed by atoms with Gasteiger partial charge in [-0.05, 0) is 94.3 Å². The molecule has 0 bridgehead atoms. The minimum atomic E-state index is -1.18. The average molecular weight is 875 g/mol. The lowest BCUT2D eigenvalue weighted by Crippen LogP contribution is -2.65. The number of esters is 1. The molecule has 8 rings (SSSR count). The van der Waals surface area contributed by atoms with Crippen LogP contribution in [-0.4, -0.2) is 95.6 Å². The number of nitrogens with two attached hydrogens (primary N) is 1. The van der Waals surface area contributed by atoms with Crippen LogP contribution in [0.15, 0.2) is 73.8 Å². The number of aliphatic hydroxyl groups is 2. The molecule has 6 N–H and O–H groups in total. The molecule has 14 heteroatoms. The molecule has 1 saturated carbocycles. The highest BCUT2D eigenvalue weighted by Crippen LogP contribution is 2.58. The van der Waals surface area contributed by atoms with Crippen LogP contribution in [0.25, 0.3) is 11.0 Å². The van der Waals surface area contributed by atoms with Crippen LogP contribution in [0.3, 0.4) is 0 Å². The van der Waals surface area contributed by atoms with Crippen LogP contribution in [0, 0.1) is 17.8 Å². The number of rotatable bonds is 10. The summed E-state index contributed by atoms with van der Waals surface area (Å²) < 4.78 is 20.2. The van der Waals surface area contributed by atoms with Gasteiger partial charge >= 0.3 is 11.6 Å². The topological polar surface area (TPSA) is 177 Å². The van der Waals surface area contributed by atoms with Crippen LogP contribution < -0.4 is 26.7 Å². The van der Waals surface area contributed by atoms with E-state index in [0.717, 1.165) is 72.1 Å². The Labute approximate surface area is 366 Å². The zero-order valence-electron chi connectivity index (χ0n) is 36.0. The van der Waals surface area contributed by atoms with Gasteiger partial charge in [-0.25, -0.2) is 9.59 Å². The van der Waals surface area contributed by atoms with Crippen molar-refractivity contribution in [1.29, 1.82) is 0 Å². The van der Waals surface area contributed by atoms with Crippen molar-refractivity contribution in [2.24, 2.45) is 23.5 Å². The number of ether oxygens (including phenoxy) is 2. The zero-order chi connectivity index (χ0) is 43.1. The van der Waals surface area contributed by atoms with Crippen LogP contribution in [0.1, 0.15) is 89.7 Å².